The van der Waals surface area contributed by atoms with Crippen molar-refractivity contribution in [1.29, 1.82) is 0 Å². The van der Waals surface area contributed by atoms with Crippen LogP contribution in [-0.4, -0.2) is 54.2 Å². The summed E-state index contributed by atoms with van der Waals surface area (Å²) in [6.45, 7) is 0. The van der Waals surface area contributed by atoms with Crippen molar-refractivity contribution in [3.05, 3.63) is 45.6 Å². The predicted molar refractivity (Wildman–Crippen MR) is 109 cm³/mol. The maximum absolute atomic E-state index is 14.0. The van der Waals surface area contributed by atoms with E-state index in [-0.39, 0.29) is 28.0 Å². The van der Waals surface area contributed by atoms with Crippen molar-refractivity contribution in [2.45, 2.75) is 35.9 Å². The number of nitrogens with two attached hydrogens (primary N) is 1. The molecule has 15 heteroatoms. The Labute approximate surface area is 187 Å². The van der Waals surface area contributed by atoms with Gasteiger partial charge in [-0.15, -0.1) is 4.91 Å². The van der Waals surface area contributed by atoms with Crippen molar-refractivity contribution in [3.8, 4) is 0 Å². The second kappa shape index (κ2) is 8.58. The Kier molecular flexibility index (Phi) is 5.84. The lowest BCUT2D eigenvalue weighted by molar-refractivity contribution is -0.156. The number of aromatic nitrogens is 3. The number of halogens is 1. The number of nitroso groups, excluding NO2 is 1. The topological polar surface area (TPSA) is 181 Å². The molecule has 32 heavy (non-hydrogen) atoms. The molecule has 0 radical (unpaired) electrons. The number of β-lactam (4-membered cyclic amide) rings is 1. The van der Waals surface area contributed by atoms with Crippen LogP contribution in [0.2, 0.25) is 0 Å². The number of allylic oxidation sites excluding steroid dienone is 1. The number of carbonyl (C=O) groups is 3. The van der Waals surface area contributed by atoms with Crippen LogP contribution in [0.25, 0.3) is 0 Å². The molecule has 4 heterocycles. The molecule has 4 N–H and O–H groups in total. The minimum absolute atomic E-state index is 0.0477. The Morgan fingerprint density at radius 2 is 2.25 bits per heavy atom. The minimum Gasteiger partial charge on any atom is -0.477 e. The Bertz CT molecular complexity index is 1160. The number of pyridine rings is 1. The number of aliphatic carboxylic acids is 1. The lowest BCUT2D eigenvalue weighted by atomic mass is 9.86. The SMILES string of the molecule is Nc1nc(C(N=O)C(=O)N[C@@H]2C(=O)N3C(C(=O)O)=C(Sc4ccncc4F)CCC23)ns1. The van der Waals surface area contributed by atoms with Crippen LogP contribution < -0.4 is 11.1 Å². The van der Waals surface area contributed by atoms with E-state index in [2.05, 4.69) is 24.8 Å². The lowest BCUT2D eigenvalue weighted by Gasteiger charge is -2.50. The number of hydrogen-bond donors (Lipinski definition) is 3. The molecule has 2 amide bonds. The molecule has 0 spiro atoms. The Balaban J connectivity index is 1.53. The number of nitrogens with one attached hydrogen (secondary N) is 1. The Morgan fingerprint density at radius 1 is 1.47 bits per heavy atom. The van der Waals surface area contributed by atoms with Crippen molar-refractivity contribution in [2.24, 2.45) is 5.18 Å². The van der Waals surface area contributed by atoms with Gasteiger partial charge in [0.05, 0.1) is 17.1 Å². The van der Waals surface area contributed by atoms with E-state index in [1.54, 1.807) is 0 Å². The molecule has 0 aromatic carbocycles. The number of hydrogen-bond acceptors (Lipinski definition) is 11. The summed E-state index contributed by atoms with van der Waals surface area (Å²) in [5.41, 5.74) is 5.19. The number of carboxylic acid groups (broad SMARTS) is 1. The monoisotopic (exact) mass is 479 g/mol. The van der Waals surface area contributed by atoms with Crippen molar-refractivity contribution in [1.82, 2.24) is 24.6 Å². The first-order valence-electron chi connectivity index (χ1n) is 9.10. The highest BCUT2D eigenvalue weighted by Crippen LogP contribution is 2.43. The van der Waals surface area contributed by atoms with E-state index in [4.69, 9.17) is 5.73 Å². The van der Waals surface area contributed by atoms with Gasteiger partial charge in [0.1, 0.15) is 11.7 Å². The van der Waals surface area contributed by atoms with Crippen LogP contribution in [0.1, 0.15) is 24.7 Å². The summed E-state index contributed by atoms with van der Waals surface area (Å²) in [5, 5.41) is 14.9. The van der Waals surface area contributed by atoms with Crippen LogP contribution >= 0.6 is 23.3 Å². The fourth-order valence-electron chi connectivity index (χ4n) is 3.51. The largest absolute Gasteiger partial charge is 0.477 e. The van der Waals surface area contributed by atoms with Gasteiger partial charge in [-0.3, -0.25) is 19.5 Å². The smallest absolute Gasteiger partial charge is 0.353 e. The van der Waals surface area contributed by atoms with E-state index >= 15 is 0 Å². The van der Waals surface area contributed by atoms with E-state index in [1.165, 1.54) is 12.3 Å². The van der Waals surface area contributed by atoms with E-state index in [0.29, 0.717) is 11.3 Å². The van der Waals surface area contributed by atoms with Gasteiger partial charge in [-0.25, -0.2) is 14.2 Å². The second-order valence-corrected chi connectivity index (χ2v) is 8.70. The molecule has 2 aromatic rings. The third-order valence-corrected chi connectivity index (χ3v) is 6.67. The first-order valence-corrected chi connectivity index (χ1v) is 10.7. The molecule has 0 bridgehead atoms. The highest BCUT2D eigenvalue weighted by atomic mass is 32.2. The molecule has 4 rings (SSSR count). The zero-order valence-corrected chi connectivity index (χ0v) is 17.6. The van der Waals surface area contributed by atoms with Gasteiger partial charge in [0, 0.05) is 22.6 Å². The average Bonchev–Trinajstić information content (AvgIpc) is 3.19. The molecular formula is C17H14FN7O5S2. The Hall–Kier alpha value is -3.46. The molecule has 0 saturated carbocycles. The quantitative estimate of drug-likeness (QED) is 0.383. The molecule has 1 fully saturated rings. The number of amides is 2. The van der Waals surface area contributed by atoms with Gasteiger partial charge in [-0.2, -0.15) is 4.37 Å². The summed E-state index contributed by atoms with van der Waals surface area (Å²) in [6, 6.07) is -1.86. The van der Waals surface area contributed by atoms with E-state index < -0.39 is 41.7 Å². The minimum atomic E-state index is -1.59. The number of carboxylic acids is 1. The van der Waals surface area contributed by atoms with Gasteiger partial charge in [0.2, 0.25) is 6.04 Å². The number of nitrogens with zero attached hydrogens (tertiary/aromatic N) is 5. The van der Waals surface area contributed by atoms with Gasteiger partial charge in [0.15, 0.2) is 16.8 Å². The van der Waals surface area contributed by atoms with Crippen LogP contribution in [0.3, 0.4) is 0 Å². The number of fused-ring (bicyclic) bond motifs is 1. The summed E-state index contributed by atoms with van der Waals surface area (Å²) in [6.07, 6.45) is 2.95. The van der Waals surface area contributed by atoms with Gasteiger partial charge in [-0.05, 0) is 24.1 Å². The van der Waals surface area contributed by atoms with Crippen molar-refractivity contribution in [3.63, 3.8) is 0 Å². The highest BCUT2D eigenvalue weighted by Gasteiger charge is 2.54. The Morgan fingerprint density at radius 3 is 2.88 bits per heavy atom. The molecule has 2 unspecified atom stereocenters. The molecule has 2 aliphatic heterocycles. The number of anilines is 1. The molecular weight excluding hydrogens is 465 g/mol. The van der Waals surface area contributed by atoms with Crippen LogP contribution in [0.15, 0.2) is 39.1 Å². The summed E-state index contributed by atoms with van der Waals surface area (Å²) in [5.74, 6) is -3.70. The summed E-state index contributed by atoms with van der Waals surface area (Å²) in [4.78, 5) is 57.2. The number of thioether (sulfide) groups is 1. The first kappa shape index (κ1) is 21.8. The molecule has 3 atom stereocenters. The zero-order valence-electron chi connectivity index (χ0n) is 16.0. The lowest BCUT2D eigenvalue weighted by Crippen LogP contribution is -2.71. The molecule has 2 aromatic heterocycles. The predicted octanol–water partition coefficient (Wildman–Crippen LogP) is 1.04. The number of rotatable bonds is 7. The van der Waals surface area contributed by atoms with E-state index in [1.807, 2.05) is 0 Å². The molecule has 12 nitrogen and oxygen atoms in total. The van der Waals surface area contributed by atoms with E-state index in [0.717, 1.165) is 34.4 Å². The van der Waals surface area contributed by atoms with Crippen LogP contribution in [0, 0.1) is 10.7 Å². The van der Waals surface area contributed by atoms with Crippen LogP contribution in [0.4, 0.5) is 9.52 Å². The summed E-state index contributed by atoms with van der Waals surface area (Å²) >= 11 is 1.70. The average molecular weight is 479 g/mol. The number of carbonyl (C=O) groups excluding carboxylic acids is 2. The maximum atomic E-state index is 14.0. The molecule has 0 aliphatic carbocycles. The molecule has 2 aliphatic rings. The van der Waals surface area contributed by atoms with Crippen molar-refractivity contribution < 1.29 is 23.9 Å². The highest BCUT2D eigenvalue weighted by molar-refractivity contribution is 8.03. The molecule has 1 saturated heterocycles. The van der Waals surface area contributed by atoms with Gasteiger partial charge in [-0.1, -0.05) is 11.8 Å². The van der Waals surface area contributed by atoms with Crippen molar-refractivity contribution >= 4 is 46.2 Å². The number of nitrogen functional groups attached to an aromatic ring is 1. The first-order chi connectivity index (χ1) is 15.3. The van der Waals surface area contributed by atoms with Crippen LogP contribution in [0.5, 0.6) is 0 Å². The third kappa shape index (κ3) is 3.80. The standard InChI is InChI=1S/C17H14FN7O5S2/c18-6-5-20-4-3-8(6)31-9-2-1-7-10(15(27)25(7)12(9)16(28)29)21-14(26)11(23-30)13-22-17(19)32-24-13/h3-5,7,10-11H,1-2H2,(H,21,26)(H,28,29)(H2,19,22,24)/t7?,10-,11?/m0/s1. The van der Waals surface area contributed by atoms with Gasteiger partial charge in [0.25, 0.3) is 11.8 Å². The van der Waals surface area contributed by atoms with Crippen LogP contribution in [-0.2, 0) is 14.4 Å². The summed E-state index contributed by atoms with van der Waals surface area (Å²) < 4.78 is 17.7. The van der Waals surface area contributed by atoms with Gasteiger partial charge < -0.3 is 16.2 Å². The molecule has 166 valence electrons. The fraction of sp³-hybridized carbons (Fsp3) is 0.294. The zero-order chi connectivity index (χ0) is 23.0. The summed E-state index contributed by atoms with van der Waals surface area (Å²) in [7, 11) is 0. The fourth-order valence-corrected chi connectivity index (χ4v) is 5.02. The normalized spacial score (nSPS) is 20.9. The second-order valence-electron chi connectivity index (χ2n) is 6.78. The maximum Gasteiger partial charge on any atom is 0.353 e. The third-order valence-electron chi connectivity index (χ3n) is 4.92. The van der Waals surface area contributed by atoms with Crippen molar-refractivity contribution in [2.75, 3.05) is 5.73 Å². The van der Waals surface area contributed by atoms with E-state index in [9.17, 15) is 28.8 Å². The van der Waals surface area contributed by atoms with Gasteiger partial charge >= 0.3 is 5.97 Å².